The van der Waals surface area contributed by atoms with Gasteiger partial charge in [-0.05, 0) is 83.9 Å². The second-order valence-corrected chi connectivity index (χ2v) is 11.2. The van der Waals surface area contributed by atoms with Crippen LogP contribution in [0.3, 0.4) is 0 Å². The largest absolute Gasteiger partial charge is 0.444 e. The van der Waals surface area contributed by atoms with E-state index in [1.54, 1.807) is 0 Å². The molecule has 5 heteroatoms. The molecule has 0 spiro atoms. The van der Waals surface area contributed by atoms with Crippen LogP contribution in [0.15, 0.2) is 18.2 Å². The van der Waals surface area contributed by atoms with Crippen LogP contribution in [-0.2, 0) is 27.1 Å². The van der Waals surface area contributed by atoms with E-state index in [4.69, 9.17) is 14.2 Å². The number of alkyl carbamates (subject to hydrolysis) is 1. The Bertz CT molecular complexity index is 741. The van der Waals surface area contributed by atoms with Crippen LogP contribution >= 0.6 is 0 Å². The molecule has 5 nitrogen and oxygen atoms in total. The van der Waals surface area contributed by atoms with Crippen LogP contribution in [0.5, 0.6) is 0 Å². The van der Waals surface area contributed by atoms with Crippen molar-refractivity contribution in [2.45, 2.75) is 137 Å². The number of amides is 1. The highest BCUT2D eigenvalue weighted by Gasteiger charge is 2.42. The standard InChI is InChI=1S/C28H47NO4.C2H6/c1-8-9-10-11-12-13-14-23-15-16-24(22(2)19-23)17-18-28(20-31-27(6,7)32-21-28)29-25(30)33-26(3,4)5;1-2/h15-16,19H,8-14,17-18,20-21H2,1-7H3,(H,29,30);1-2H3. The molecule has 1 saturated heterocycles. The Morgan fingerprint density at radius 2 is 1.60 bits per heavy atom. The first-order chi connectivity index (χ1) is 16.4. The van der Waals surface area contributed by atoms with Crippen LogP contribution in [-0.4, -0.2) is 36.2 Å². The number of carbonyl (C=O) groups is 1. The van der Waals surface area contributed by atoms with Gasteiger partial charge in [-0.25, -0.2) is 4.79 Å². The summed E-state index contributed by atoms with van der Waals surface area (Å²) in [7, 11) is 0. The molecule has 202 valence electrons. The second kappa shape index (κ2) is 14.8. The van der Waals surface area contributed by atoms with Gasteiger partial charge in [0.2, 0.25) is 0 Å². The van der Waals surface area contributed by atoms with Crippen molar-refractivity contribution in [3.63, 3.8) is 0 Å². The topological polar surface area (TPSA) is 56.8 Å². The van der Waals surface area contributed by atoms with E-state index in [2.05, 4.69) is 37.4 Å². The first-order valence-electron chi connectivity index (χ1n) is 13.8. The van der Waals surface area contributed by atoms with E-state index in [0.717, 1.165) is 19.3 Å². The zero-order chi connectivity index (χ0) is 26.5. The Morgan fingerprint density at radius 3 is 2.17 bits per heavy atom. The van der Waals surface area contributed by atoms with Gasteiger partial charge in [-0.15, -0.1) is 0 Å². The minimum Gasteiger partial charge on any atom is -0.444 e. The molecule has 1 fully saturated rings. The fraction of sp³-hybridized carbons (Fsp3) is 0.767. The molecule has 1 N–H and O–H groups in total. The summed E-state index contributed by atoms with van der Waals surface area (Å²) in [5, 5.41) is 3.07. The third-order valence-corrected chi connectivity index (χ3v) is 6.26. The minimum atomic E-state index is -0.646. The number of carbonyl (C=O) groups excluding carboxylic acids is 1. The number of hydrogen-bond donors (Lipinski definition) is 1. The average Bonchev–Trinajstić information content (AvgIpc) is 2.78. The molecular weight excluding hydrogens is 438 g/mol. The molecule has 2 rings (SSSR count). The predicted molar refractivity (Wildman–Crippen MR) is 146 cm³/mol. The van der Waals surface area contributed by atoms with Crippen LogP contribution in [0.1, 0.15) is 117 Å². The molecule has 1 heterocycles. The number of aryl methyl sites for hydroxylation is 3. The van der Waals surface area contributed by atoms with Gasteiger partial charge in [-0.1, -0.05) is 71.1 Å². The minimum absolute atomic E-state index is 0.397. The van der Waals surface area contributed by atoms with Crippen LogP contribution in [0.2, 0.25) is 0 Å². The van der Waals surface area contributed by atoms with Crippen molar-refractivity contribution in [2.75, 3.05) is 13.2 Å². The third kappa shape index (κ3) is 12.3. The Labute approximate surface area is 215 Å². The van der Waals surface area contributed by atoms with Gasteiger partial charge in [-0.2, -0.15) is 0 Å². The van der Waals surface area contributed by atoms with Crippen molar-refractivity contribution in [1.29, 1.82) is 0 Å². The van der Waals surface area contributed by atoms with Crippen molar-refractivity contribution in [3.05, 3.63) is 34.9 Å². The normalized spacial score (nSPS) is 16.7. The summed E-state index contributed by atoms with van der Waals surface area (Å²) in [6.45, 7) is 18.6. The molecule has 1 aromatic rings. The molecule has 0 saturated carbocycles. The predicted octanol–water partition coefficient (Wildman–Crippen LogP) is 7.90. The smallest absolute Gasteiger partial charge is 0.408 e. The van der Waals surface area contributed by atoms with E-state index in [-0.39, 0.29) is 0 Å². The van der Waals surface area contributed by atoms with Crippen LogP contribution < -0.4 is 5.32 Å². The summed E-state index contributed by atoms with van der Waals surface area (Å²) >= 11 is 0. The van der Waals surface area contributed by atoms with Gasteiger partial charge in [0.25, 0.3) is 0 Å². The molecule has 0 bridgehead atoms. The fourth-order valence-electron chi connectivity index (χ4n) is 4.18. The average molecular weight is 492 g/mol. The van der Waals surface area contributed by atoms with E-state index in [1.165, 1.54) is 55.2 Å². The van der Waals surface area contributed by atoms with Gasteiger partial charge in [0, 0.05) is 0 Å². The van der Waals surface area contributed by atoms with Crippen molar-refractivity contribution >= 4 is 6.09 Å². The molecule has 1 amide bonds. The zero-order valence-corrected chi connectivity index (χ0v) is 24.1. The van der Waals surface area contributed by atoms with Gasteiger partial charge in [0.05, 0.1) is 18.8 Å². The van der Waals surface area contributed by atoms with E-state index in [0.29, 0.717) is 13.2 Å². The van der Waals surface area contributed by atoms with Gasteiger partial charge < -0.3 is 19.5 Å². The Hall–Kier alpha value is -1.59. The molecule has 0 aromatic heterocycles. The maximum atomic E-state index is 12.6. The molecule has 0 unspecified atom stereocenters. The summed E-state index contributed by atoms with van der Waals surface area (Å²) in [6, 6.07) is 6.84. The highest BCUT2D eigenvalue weighted by Crippen LogP contribution is 2.28. The van der Waals surface area contributed by atoms with Gasteiger partial charge in [0.1, 0.15) is 5.60 Å². The third-order valence-electron chi connectivity index (χ3n) is 6.26. The molecule has 0 atom stereocenters. The first-order valence-corrected chi connectivity index (χ1v) is 13.8. The Kier molecular flexibility index (Phi) is 13.3. The molecule has 1 aliphatic rings. The number of ether oxygens (including phenoxy) is 3. The van der Waals surface area contributed by atoms with Gasteiger partial charge >= 0.3 is 6.09 Å². The zero-order valence-electron chi connectivity index (χ0n) is 24.1. The van der Waals surface area contributed by atoms with Crippen molar-refractivity contribution in [1.82, 2.24) is 5.32 Å². The molecule has 35 heavy (non-hydrogen) atoms. The monoisotopic (exact) mass is 491 g/mol. The maximum Gasteiger partial charge on any atom is 0.408 e. The molecule has 1 aromatic carbocycles. The molecule has 0 radical (unpaired) electrons. The summed E-state index contributed by atoms with van der Waals surface area (Å²) in [6.07, 6.45) is 10.2. The van der Waals surface area contributed by atoms with Crippen LogP contribution in [0.25, 0.3) is 0 Å². The Balaban J connectivity index is 0.00000298. The summed E-state index contributed by atoms with van der Waals surface area (Å²) in [5.74, 6) is -0.646. The summed E-state index contributed by atoms with van der Waals surface area (Å²) in [5.41, 5.74) is 2.87. The summed E-state index contributed by atoms with van der Waals surface area (Å²) in [4.78, 5) is 12.6. The van der Waals surface area contributed by atoms with Crippen molar-refractivity contribution in [3.8, 4) is 0 Å². The van der Waals surface area contributed by atoms with E-state index in [9.17, 15) is 4.79 Å². The number of unbranched alkanes of at least 4 members (excludes halogenated alkanes) is 5. The summed E-state index contributed by atoms with van der Waals surface area (Å²) < 4.78 is 17.4. The van der Waals surface area contributed by atoms with Crippen LogP contribution in [0, 0.1) is 6.92 Å². The fourth-order valence-corrected chi connectivity index (χ4v) is 4.18. The highest BCUT2D eigenvalue weighted by atomic mass is 16.7. The van der Waals surface area contributed by atoms with E-state index >= 15 is 0 Å². The lowest BCUT2D eigenvalue weighted by atomic mass is 9.89. The number of rotatable bonds is 11. The molecule has 1 aliphatic heterocycles. The number of hydrogen-bond acceptors (Lipinski definition) is 4. The lowest BCUT2D eigenvalue weighted by Gasteiger charge is -2.44. The number of benzene rings is 1. The lowest BCUT2D eigenvalue weighted by Crippen LogP contribution is -2.61. The lowest BCUT2D eigenvalue weighted by molar-refractivity contribution is -0.271. The van der Waals surface area contributed by atoms with Gasteiger partial charge in [0.15, 0.2) is 5.79 Å². The van der Waals surface area contributed by atoms with Crippen molar-refractivity contribution < 1.29 is 19.0 Å². The van der Waals surface area contributed by atoms with E-state index in [1.807, 2.05) is 48.5 Å². The number of nitrogens with one attached hydrogen (secondary N) is 1. The quantitative estimate of drug-likeness (QED) is 0.320. The highest BCUT2D eigenvalue weighted by molar-refractivity contribution is 5.69. The van der Waals surface area contributed by atoms with E-state index < -0.39 is 23.0 Å². The van der Waals surface area contributed by atoms with Gasteiger partial charge in [-0.3, -0.25) is 0 Å². The maximum absolute atomic E-state index is 12.6. The molecular formula is C30H53NO4. The first kappa shape index (κ1) is 31.4. The SMILES string of the molecule is CC.CCCCCCCCc1ccc(CCC2(NC(=O)OC(C)(C)C)COC(C)(C)OC2)c(C)c1. The van der Waals surface area contributed by atoms with Crippen LogP contribution in [0.4, 0.5) is 4.79 Å². The second-order valence-electron chi connectivity index (χ2n) is 11.2. The molecule has 0 aliphatic carbocycles. The Morgan fingerprint density at radius 1 is 1.00 bits per heavy atom. The van der Waals surface area contributed by atoms with Crippen molar-refractivity contribution in [2.24, 2.45) is 0 Å².